The Labute approximate surface area is 169 Å². The molecule has 4 rings (SSSR count). The summed E-state index contributed by atoms with van der Waals surface area (Å²) in [5, 5.41) is 13.9. The second-order valence-electron chi connectivity index (χ2n) is 8.94. The van der Waals surface area contributed by atoms with Crippen LogP contribution in [0.5, 0.6) is 0 Å². The number of fused-ring (bicyclic) bond motifs is 4. The first-order valence-electron chi connectivity index (χ1n) is 10.00. The van der Waals surface area contributed by atoms with Crippen molar-refractivity contribution in [2.75, 3.05) is 0 Å². The minimum atomic E-state index is -1.19. The zero-order valence-corrected chi connectivity index (χ0v) is 17.3. The van der Waals surface area contributed by atoms with Crippen LogP contribution in [0.1, 0.15) is 54.4 Å². The van der Waals surface area contributed by atoms with Crippen LogP contribution in [0.4, 0.5) is 0 Å². The third-order valence-electron chi connectivity index (χ3n) is 5.68. The molecule has 1 aliphatic rings. The van der Waals surface area contributed by atoms with Gasteiger partial charge in [-0.3, -0.25) is 4.79 Å². The van der Waals surface area contributed by atoms with Gasteiger partial charge in [0.2, 0.25) is 0 Å². The molecule has 2 heterocycles. The van der Waals surface area contributed by atoms with E-state index in [4.69, 9.17) is 0 Å². The van der Waals surface area contributed by atoms with Gasteiger partial charge in [0.15, 0.2) is 0 Å². The summed E-state index contributed by atoms with van der Waals surface area (Å²) in [4.78, 5) is 26.5. The Morgan fingerprint density at radius 2 is 1.90 bits per heavy atom. The highest BCUT2D eigenvalue weighted by Gasteiger charge is 2.21. The molecule has 3 aromatic rings. The van der Waals surface area contributed by atoms with E-state index >= 15 is 0 Å². The Morgan fingerprint density at radius 1 is 1.17 bits per heavy atom. The van der Waals surface area contributed by atoms with E-state index in [0.717, 1.165) is 48.0 Å². The highest BCUT2D eigenvalue weighted by Crippen LogP contribution is 2.34. The van der Waals surface area contributed by atoms with Crippen LogP contribution in [-0.2, 0) is 26.4 Å². The van der Waals surface area contributed by atoms with Crippen molar-refractivity contribution in [2.24, 2.45) is 7.05 Å². The summed E-state index contributed by atoms with van der Waals surface area (Å²) in [6.07, 6.45) is 2.56. The van der Waals surface area contributed by atoms with E-state index in [9.17, 15) is 14.7 Å². The van der Waals surface area contributed by atoms with Crippen LogP contribution < -0.4 is 10.9 Å². The van der Waals surface area contributed by atoms with Gasteiger partial charge in [-0.25, -0.2) is 4.79 Å². The van der Waals surface area contributed by atoms with Gasteiger partial charge in [0.25, 0.3) is 5.56 Å². The van der Waals surface area contributed by atoms with E-state index < -0.39 is 11.5 Å². The van der Waals surface area contributed by atoms with E-state index in [-0.39, 0.29) is 11.1 Å². The molecular formula is C23H27N3O3. The second kappa shape index (κ2) is 6.88. The molecule has 2 aromatic heterocycles. The number of nitrogens with one attached hydrogen (secondary N) is 2. The normalized spacial score (nSPS) is 13.8. The number of carboxylic acids is 1. The molecule has 6 heteroatoms. The van der Waals surface area contributed by atoms with Gasteiger partial charge in [-0.15, -0.1) is 0 Å². The lowest BCUT2D eigenvalue weighted by Gasteiger charge is -2.20. The number of rotatable bonds is 3. The predicted molar refractivity (Wildman–Crippen MR) is 115 cm³/mol. The highest BCUT2D eigenvalue weighted by molar-refractivity contribution is 5.90. The summed E-state index contributed by atoms with van der Waals surface area (Å²) < 4.78 is 2.22. The summed E-state index contributed by atoms with van der Waals surface area (Å²) in [6.45, 7) is 7.22. The zero-order chi connectivity index (χ0) is 20.9. The average Bonchev–Trinajstić information content (AvgIpc) is 2.83. The topological polar surface area (TPSA) is 87.1 Å². The molecule has 0 saturated carbocycles. The fraction of sp³-hybridized carbons (Fsp3) is 0.391. The van der Waals surface area contributed by atoms with Gasteiger partial charge in [-0.2, -0.15) is 0 Å². The molecule has 29 heavy (non-hydrogen) atoms. The largest absolute Gasteiger partial charge is 0.477 e. The van der Waals surface area contributed by atoms with Crippen molar-refractivity contribution in [3.63, 3.8) is 0 Å². The number of aromatic nitrogens is 2. The zero-order valence-electron chi connectivity index (χ0n) is 17.3. The van der Waals surface area contributed by atoms with Gasteiger partial charge in [0, 0.05) is 41.3 Å². The quantitative estimate of drug-likeness (QED) is 0.634. The Balaban J connectivity index is 1.85. The summed E-state index contributed by atoms with van der Waals surface area (Å²) in [5.74, 6) is -1.19. The monoisotopic (exact) mass is 393 g/mol. The van der Waals surface area contributed by atoms with Gasteiger partial charge in [0.1, 0.15) is 5.56 Å². The van der Waals surface area contributed by atoms with E-state index in [1.807, 2.05) is 0 Å². The van der Waals surface area contributed by atoms with Crippen molar-refractivity contribution >= 4 is 16.9 Å². The lowest BCUT2D eigenvalue weighted by atomic mass is 9.99. The molecule has 0 bridgehead atoms. The Morgan fingerprint density at radius 3 is 2.59 bits per heavy atom. The number of pyridine rings is 1. The number of aromatic amines is 1. The van der Waals surface area contributed by atoms with Crippen LogP contribution in [-0.4, -0.2) is 26.2 Å². The molecular weight excluding hydrogens is 366 g/mol. The number of benzene rings is 1. The van der Waals surface area contributed by atoms with E-state index in [1.54, 1.807) is 6.07 Å². The molecule has 0 fully saturated rings. The van der Waals surface area contributed by atoms with Crippen LogP contribution in [0.2, 0.25) is 0 Å². The fourth-order valence-electron chi connectivity index (χ4n) is 4.09. The van der Waals surface area contributed by atoms with Crippen molar-refractivity contribution in [1.29, 1.82) is 0 Å². The van der Waals surface area contributed by atoms with E-state index in [2.05, 4.69) is 60.9 Å². The second-order valence-corrected chi connectivity index (χ2v) is 8.94. The van der Waals surface area contributed by atoms with Crippen molar-refractivity contribution in [2.45, 2.75) is 52.1 Å². The summed E-state index contributed by atoms with van der Waals surface area (Å²) in [6, 6.07) is 8.07. The van der Waals surface area contributed by atoms with Gasteiger partial charge in [-0.05, 0) is 75.4 Å². The number of aryl methyl sites for hydroxylation is 3. The molecule has 0 spiro atoms. The van der Waals surface area contributed by atoms with Gasteiger partial charge >= 0.3 is 5.97 Å². The smallest absolute Gasteiger partial charge is 0.341 e. The third kappa shape index (κ3) is 3.60. The minimum absolute atomic E-state index is 0.0356. The molecule has 0 amide bonds. The fourth-order valence-corrected chi connectivity index (χ4v) is 4.09. The maximum absolute atomic E-state index is 12.3. The van der Waals surface area contributed by atoms with Gasteiger partial charge in [0.05, 0.1) is 5.69 Å². The Kier molecular flexibility index (Phi) is 4.62. The number of hydrogen-bond acceptors (Lipinski definition) is 3. The standard InChI is InChI=1S/C23H27N3O3/c1-23(2,3)24-12-16-8-15-10-17-13(11-19(15)26(16)4)6-5-7-14-9-18(22(28)29)21(27)25-20(14)17/h8-11,24H,5-7,12H2,1-4H3,(H,25,27)(H,28,29). The lowest BCUT2D eigenvalue weighted by Crippen LogP contribution is -2.35. The minimum Gasteiger partial charge on any atom is -0.477 e. The van der Waals surface area contributed by atoms with Crippen LogP contribution in [0.25, 0.3) is 22.2 Å². The molecule has 0 aliphatic heterocycles. The van der Waals surface area contributed by atoms with E-state index in [1.165, 1.54) is 16.8 Å². The first kappa shape index (κ1) is 19.5. The van der Waals surface area contributed by atoms with Crippen molar-refractivity contribution < 1.29 is 9.90 Å². The number of hydrogen-bond donors (Lipinski definition) is 3. The maximum Gasteiger partial charge on any atom is 0.341 e. The third-order valence-corrected chi connectivity index (χ3v) is 5.68. The van der Waals surface area contributed by atoms with Crippen molar-refractivity contribution in [1.82, 2.24) is 14.9 Å². The summed E-state index contributed by atoms with van der Waals surface area (Å²) >= 11 is 0. The number of carboxylic acid groups (broad SMARTS) is 1. The van der Waals surface area contributed by atoms with Crippen LogP contribution in [0.3, 0.4) is 0 Å². The first-order chi connectivity index (χ1) is 13.6. The summed E-state index contributed by atoms with van der Waals surface area (Å²) in [5.41, 5.74) is 5.50. The summed E-state index contributed by atoms with van der Waals surface area (Å²) in [7, 11) is 2.08. The molecule has 152 valence electrons. The number of carbonyl (C=O) groups is 1. The Hall–Kier alpha value is -2.86. The van der Waals surface area contributed by atoms with E-state index in [0.29, 0.717) is 0 Å². The first-order valence-corrected chi connectivity index (χ1v) is 10.00. The molecule has 6 nitrogen and oxygen atoms in total. The lowest BCUT2D eigenvalue weighted by molar-refractivity contribution is 0.0695. The number of aromatic carboxylic acids is 1. The molecule has 0 saturated heterocycles. The average molecular weight is 393 g/mol. The molecule has 0 atom stereocenters. The SMILES string of the molecule is Cn1c(CNC(C)(C)C)cc2cc3c(cc21)CCCc1cc(C(=O)O)c(=O)[nH]c1-3. The molecule has 1 aliphatic carbocycles. The molecule has 1 aromatic carbocycles. The van der Waals surface area contributed by atoms with Crippen LogP contribution in [0, 0.1) is 0 Å². The maximum atomic E-state index is 12.3. The molecule has 0 unspecified atom stereocenters. The van der Waals surface area contributed by atoms with Crippen molar-refractivity contribution in [3.8, 4) is 11.3 Å². The number of nitrogens with zero attached hydrogens (tertiary/aromatic N) is 1. The predicted octanol–water partition coefficient (Wildman–Crippen LogP) is 3.61. The molecule has 3 N–H and O–H groups in total. The Bertz CT molecular complexity index is 1180. The van der Waals surface area contributed by atoms with Crippen LogP contribution >= 0.6 is 0 Å². The van der Waals surface area contributed by atoms with Crippen molar-refractivity contribution in [3.05, 3.63) is 57.0 Å². The van der Waals surface area contributed by atoms with Crippen LogP contribution in [0.15, 0.2) is 29.1 Å². The molecule has 0 radical (unpaired) electrons. The van der Waals surface area contributed by atoms with Gasteiger partial charge in [-0.1, -0.05) is 0 Å². The highest BCUT2D eigenvalue weighted by atomic mass is 16.4. The van der Waals surface area contributed by atoms with Gasteiger partial charge < -0.3 is 20.0 Å². The number of H-pyrrole nitrogens is 1.